The van der Waals surface area contributed by atoms with Crippen LogP contribution in [0.25, 0.3) is 11.0 Å². The number of aromatic amines is 1. The molecule has 0 radical (unpaired) electrons. The number of aromatic nitrogens is 2. The van der Waals surface area contributed by atoms with Crippen LogP contribution in [0.4, 0.5) is 4.39 Å². The van der Waals surface area contributed by atoms with Gasteiger partial charge in [-0.1, -0.05) is 6.92 Å². The molecule has 4 nitrogen and oxygen atoms in total. The third-order valence-corrected chi connectivity index (χ3v) is 4.05. The number of H-pyrrole nitrogens is 1. The summed E-state index contributed by atoms with van der Waals surface area (Å²) in [7, 11) is 0. The maximum atomic E-state index is 13.5. The van der Waals surface area contributed by atoms with Gasteiger partial charge in [0.15, 0.2) is 0 Å². The number of ether oxygens (including phenoxy) is 1. The topological polar surface area (TPSA) is 49.9 Å². The van der Waals surface area contributed by atoms with Gasteiger partial charge in [-0.05, 0) is 28.5 Å². The predicted molar refractivity (Wildman–Crippen MR) is 74.8 cm³/mol. The first-order valence-electron chi connectivity index (χ1n) is 6.35. The van der Waals surface area contributed by atoms with Crippen LogP contribution >= 0.6 is 15.9 Å². The first-order valence-corrected chi connectivity index (χ1v) is 7.14. The van der Waals surface area contributed by atoms with Crippen molar-refractivity contribution in [1.29, 1.82) is 0 Å². The van der Waals surface area contributed by atoms with Gasteiger partial charge < -0.3 is 15.0 Å². The van der Waals surface area contributed by atoms with E-state index in [0.717, 1.165) is 23.4 Å². The molecule has 1 aliphatic rings. The summed E-state index contributed by atoms with van der Waals surface area (Å²) in [5.74, 6) is 0.763. The molecule has 3 rings (SSSR count). The summed E-state index contributed by atoms with van der Waals surface area (Å²) >= 11 is 3.18. The Bertz CT molecular complexity index is 562. The quantitative estimate of drug-likeness (QED) is 0.910. The molecule has 1 saturated heterocycles. The third-order valence-electron chi connectivity index (χ3n) is 3.44. The summed E-state index contributed by atoms with van der Waals surface area (Å²) in [6.07, 6.45) is 0. The van der Waals surface area contributed by atoms with Crippen molar-refractivity contribution in [3.63, 3.8) is 0 Å². The average molecular weight is 328 g/mol. The van der Waals surface area contributed by atoms with E-state index in [-0.39, 0.29) is 17.8 Å². The molecule has 2 unspecified atom stereocenters. The summed E-state index contributed by atoms with van der Waals surface area (Å²) < 4.78 is 19.4. The summed E-state index contributed by atoms with van der Waals surface area (Å²) in [5, 5.41) is 3.39. The number of imidazole rings is 1. The largest absolute Gasteiger partial charge is 0.379 e. The van der Waals surface area contributed by atoms with E-state index in [4.69, 9.17) is 4.74 Å². The lowest BCUT2D eigenvalue weighted by Crippen LogP contribution is -2.34. The van der Waals surface area contributed by atoms with Crippen LogP contribution in [-0.4, -0.2) is 35.8 Å². The molecule has 2 aromatic rings. The molecule has 1 aliphatic heterocycles. The lowest BCUT2D eigenvalue weighted by Gasteiger charge is -2.15. The highest BCUT2D eigenvalue weighted by atomic mass is 79.9. The first kappa shape index (κ1) is 13.0. The van der Waals surface area contributed by atoms with E-state index in [0.29, 0.717) is 17.7 Å². The molecule has 0 saturated carbocycles. The van der Waals surface area contributed by atoms with Crippen LogP contribution in [0, 0.1) is 5.82 Å². The van der Waals surface area contributed by atoms with Gasteiger partial charge in [0.2, 0.25) is 0 Å². The van der Waals surface area contributed by atoms with Crippen molar-refractivity contribution in [2.24, 2.45) is 0 Å². The second kappa shape index (κ2) is 5.19. The molecule has 2 heterocycles. The number of benzene rings is 1. The van der Waals surface area contributed by atoms with Crippen molar-refractivity contribution in [2.75, 3.05) is 19.8 Å². The molecular weight excluding hydrogens is 313 g/mol. The van der Waals surface area contributed by atoms with Gasteiger partial charge in [-0.15, -0.1) is 0 Å². The minimum atomic E-state index is -0.284. The predicted octanol–water partition coefficient (Wildman–Crippen LogP) is 2.56. The van der Waals surface area contributed by atoms with Gasteiger partial charge in [0.25, 0.3) is 0 Å². The van der Waals surface area contributed by atoms with Crippen LogP contribution < -0.4 is 5.32 Å². The van der Waals surface area contributed by atoms with Crippen molar-refractivity contribution < 1.29 is 9.13 Å². The van der Waals surface area contributed by atoms with Crippen LogP contribution in [0.3, 0.4) is 0 Å². The first-order chi connectivity index (χ1) is 9.19. The molecule has 6 heteroatoms. The van der Waals surface area contributed by atoms with Gasteiger partial charge in [0.05, 0.1) is 34.6 Å². The summed E-state index contributed by atoms with van der Waals surface area (Å²) in [5.41, 5.74) is 1.49. The highest BCUT2D eigenvalue weighted by Gasteiger charge is 2.31. The Balaban J connectivity index is 1.96. The monoisotopic (exact) mass is 327 g/mol. The summed E-state index contributed by atoms with van der Waals surface area (Å²) in [4.78, 5) is 7.76. The van der Waals surface area contributed by atoms with Crippen molar-refractivity contribution in [2.45, 2.75) is 18.9 Å². The molecule has 102 valence electrons. The number of halogens is 2. The number of rotatable bonds is 3. The average Bonchev–Trinajstić information content (AvgIpc) is 2.96. The van der Waals surface area contributed by atoms with Gasteiger partial charge in [-0.3, -0.25) is 0 Å². The van der Waals surface area contributed by atoms with Crippen LogP contribution in [0.5, 0.6) is 0 Å². The molecule has 0 spiro atoms. The zero-order valence-electron chi connectivity index (χ0n) is 10.5. The van der Waals surface area contributed by atoms with Crippen LogP contribution in [0.1, 0.15) is 18.7 Å². The van der Waals surface area contributed by atoms with Gasteiger partial charge in [0.1, 0.15) is 11.6 Å². The van der Waals surface area contributed by atoms with E-state index in [1.165, 1.54) is 6.07 Å². The Morgan fingerprint density at radius 3 is 3.16 bits per heavy atom. The Kier molecular flexibility index (Phi) is 3.56. The van der Waals surface area contributed by atoms with E-state index in [1.807, 2.05) is 0 Å². The zero-order chi connectivity index (χ0) is 13.4. The van der Waals surface area contributed by atoms with Crippen LogP contribution in [-0.2, 0) is 4.74 Å². The molecule has 0 amide bonds. The SMILES string of the molecule is CCNC1COCC1c1nc2cc(Br)c(F)cc2[nH]1. The molecule has 2 atom stereocenters. The van der Waals surface area contributed by atoms with E-state index >= 15 is 0 Å². The second-order valence-electron chi connectivity index (χ2n) is 4.71. The van der Waals surface area contributed by atoms with Gasteiger partial charge in [-0.2, -0.15) is 0 Å². The Hall–Kier alpha value is -0.980. The van der Waals surface area contributed by atoms with Crippen molar-refractivity contribution in [1.82, 2.24) is 15.3 Å². The van der Waals surface area contributed by atoms with Crippen molar-refractivity contribution in [3.05, 3.63) is 28.2 Å². The third kappa shape index (κ3) is 2.40. The minimum absolute atomic E-state index is 0.189. The highest BCUT2D eigenvalue weighted by molar-refractivity contribution is 9.10. The molecule has 2 N–H and O–H groups in total. The fourth-order valence-electron chi connectivity index (χ4n) is 2.49. The lowest BCUT2D eigenvalue weighted by atomic mass is 10.0. The maximum absolute atomic E-state index is 13.5. The molecule has 1 aromatic heterocycles. The smallest absolute Gasteiger partial charge is 0.139 e. The Morgan fingerprint density at radius 1 is 1.53 bits per heavy atom. The fourth-order valence-corrected chi connectivity index (χ4v) is 2.82. The normalized spacial score (nSPS) is 23.3. The van der Waals surface area contributed by atoms with Crippen molar-refractivity contribution in [3.8, 4) is 0 Å². The standard InChI is InChI=1S/C13H15BrFN3O/c1-2-16-12-6-19-5-7(12)13-17-10-3-8(14)9(15)4-11(10)18-13/h3-4,7,12,16H,2,5-6H2,1H3,(H,17,18). The number of likely N-dealkylation sites (N-methyl/N-ethyl adjacent to an activating group) is 1. The number of nitrogens with zero attached hydrogens (tertiary/aromatic N) is 1. The highest BCUT2D eigenvalue weighted by Crippen LogP contribution is 2.28. The van der Waals surface area contributed by atoms with Gasteiger partial charge >= 0.3 is 0 Å². The van der Waals surface area contributed by atoms with E-state index < -0.39 is 0 Å². The van der Waals surface area contributed by atoms with Crippen molar-refractivity contribution >= 4 is 27.0 Å². The minimum Gasteiger partial charge on any atom is -0.379 e. The number of nitrogens with one attached hydrogen (secondary N) is 2. The van der Waals surface area contributed by atoms with Gasteiger partial charge in [-0.25, -0.2) is 9.37 Å². The lowest BCUT2D eigenvalue weighted by molar-refractivity contribution is 0.187. The Morgan fingerprint density at radius 2 is 2.37 bits per heavy atom. The second-order valence-corrected chi connectivity index (χ2v) is 5.57. The molecule has 19 heavy (non-hydrogen) atoms. The Labute approximate surface area is 118 Å². The number of fused-ring (bicyclic) bond motifs is 1. The van der Waals surface area contributed by atoms with Crippen LogP contribution in [0.2, 0.25) is 0 Å². The molecule has 0 bridgehead atoms. The number of hydrogen-bond donors (Lipinski definition) is 2. The molecule has 1 aromatic carbocycles. The van der Waals surface area contributed by atoms with E-state index in [2.05, 4.69) is 38.1 Å². The van der Waals surface area contributed by atoms with E-state index in [1.54, 1.807) is 6.07 Å². The molecular formula is C13H15BrFN3O. The maximum Gasteiger partial charge on any atom is 0.139 e. The van der Waals surface area contributed by atoms with Crippen LogP contribution in [0.15, 0.2) is 16.6 Å². The van der Waals surface area contributed by atoms with E-state index in [9.17, 15) is 4.39 Å². The fraction of sp³-hybridized carbons (Fsp3) is 0.462. The zero-order valence-corrected chi connectivity index (χ0v) is 12.1. The van der Waals surface area contributed by atoms with Gasteiger partial charge in [0, 0.05) is 12.1 Å². The summed E-state index contributed by atoms with van der Waals surface area (Å²) in [6.45, 7) is 4.29. The molecule has 0 aliphatic carbocycles. The summed E-state index contributed by atoms with van der Waals surface area (Å²) in [6, 6.07) is 3.43. The number of hydrogen-bond acceptors (Lipinski definition) is 3. The molecule has 1 fully saturated rings.